The molecule has 1 saturated heterocycles. The standard InChI is InChI=1S/C19H22F2N4O2/c1-14(18(26)23-15-6-2-3-7-16(15)27-19(20)21)24-10-12-25(13-11-24)17-8-4-5-9-22-17/h2-9,14,19H,10-13H2,1H3,(H,23,26)/t14-/m1/s1. The molecule has 0 radical (unpaired) electrons. The maximum atomic E-state index is 12.6. The molecule has 1 aliphatic rings. The van der Waals surface area contributed by atoms with Gasteiger partial charge in [0.2, 0.25) is 5.91 Å². The van der Waals surface area contributed by atoms with Gasteiger partial charge in [-0.15, -0.1) is 0 Å². The molecule has 0 aliphatic carbocycles. The summed E-state index contributed by atoms with van der Waals surface area (Å²) in [6.45, 7) is 1.81. The number of pyridine rings is 1. The number of piperazine rings is 1. The molecule has 1 N–H and O–H groups in total. The highest BCUT2D eigenvalue weighted by molar-refractivity contribution is 5.95. The van der Waals surface area contributed by atoms with Crippen molar-refractivity contribution in [1.29, 1.82) is 0 Å². The van der Waals surface area contributed by atoms with E-state index in [0.29, 0.717) is 13.1 Å². The van der Waals surface area contributed by atoms with Crippen molar-refractivity contribution in [3.63, 3.8) is 0 Å². The van der Waals surface area contributed by atoms with E-state index in [1.165, 1.54) is 6.07 Å². The number of aromatic nitrogens is 1. The lowest BCUT2D eigenvalue weighted by Crippen LogP contribution is -2.53. The number of carbonyl (C=O) groups is 1. The molecular weight excluding hydrogens is 354 g/mol. The summed E-state index contributed by atoms with van der Waals surface area (Å²) in [5.74, 6) is 0.618. The number of alkyl halides is 2. The molecule has 0 spiro atoms. The number of benzene rings is 1. The molecule has 3 rings (SSSR count). The van der Waals surface area contributed by atoms with Gasteiger partial charge in [0.05, 0.1) is 11.7 Å². The Labute approximate surface area is 156 Å². The number of para-hydroxylation sites is 2. The van der Waals surface area contributed by atoms with Crippen molar-refractivity contribution < 1.29 is 18.3 Å². The number of halogens is 2. The summed E-state index contributed by atoms with van der Waals surface area (Å²) in [4.78, 5) is 21.2. The SMILES string of the molecule is C[C@H](C(=O)Nc1ccccc1OC(F)F)N1CCN(c2ccccn2)CC1. The smallest absolute Gasteiger partial charge is 0.387 e. The summed E-state index contributed by atoms with van der Waals surface area (Å²) >= 11 is 0. The van der Waals surface area contributed by atoms with Crippen LogP contribution in [0.3, 0.4) is 0 Å². The Balaban J connectivity index is 1.57. The van der Waals surface area contributed by atoms with Crippen LogP contribution in [0.4, 0.5) is 20.3 Å². The Morgan fingerprint density at radius 2 is 1.81 bits per heavy atom. The van der Waals surface area contributed by atoms with Gasteiger partial charge in [-0.25, -0.2) is 4.98 Å². The first-order valence-corrected chi connectivity index (χ1v) is 8.79. The molecule has 1 fully saturated rings. The molecule has 0 unspecified atom stereocenters. The summed E-state index contributed by atoms with van der Waals surface area (Å²) < 4.78 is 29.5. The topological polar surface area (TPSA) is 57.7 Å². The third-order valence-electron chi connectivity index (χ3n) is 4.58. The van der Waals surface area contributed by atoms with Crippen LogP contribution in [-0.4, -0.2) is 54.6 Å². The zero-order chi connectivity index (χ0) is 19.2. The zero-order valence-corrected chi connectivity index (χ0v) is 15.0. The molecule has 27 heavy (non-hydrogen) atoms. The van der Waals surface area contributed by atoms with E-state index in [-0.39, 0.29) is 17.3 Å². The minimum Gasteiger partial charge on any atom is -0.433 e. The van der Waals surface area contributed by atoms with Crippen LogP contribution in [0.2, 0.25) is 0 Å². The van der Waals surface area contributed by atoms with E-state index in [2.05, 4.69) is 24.8 Å². The van der Waals surface area contributed by atoms with Gasteiger partial charge in [-0.1, -0.05) is 18.2 Å². The molecule has 2 aromatic rings. The average molecular weight is 376 g/mol. The van der Waals surface area contributed by atoms with Crippen LogP contribution in [0.1, 0.15) is 6.92 Å². The van der Waals surface area contributed by atoms with Crippen molar-refractivity contribution in [1.82, 2.24) is 9.88 Å². The molecule has 1 amide bonds. The van der Waals surface area contributed by atoms with Crippen LogP contribution in [0.15, 0.2) is 48.7 Å². The van der Waals surface area contributed by atoms with Crippen LogP contribution in [-0.2, 0) is 4.79 Å². The Morgan fingerprint density at radius 3 is 2.48 bits per heavy atom. The Kier molecular flexibility index (Phi) is 6.18. The fourth-order valence-electron chi connectivity index (χ4n) is 3.05. The molecule has 1 aromatic heterocycles. The lowest BCUT2D eigenvalue weighted by atomic mass is 10.2. The van der Waals surface area contributed by atoms with Gasteiger partial charge >= 0.3 is 6.61 Å². The van der Waals surface area contributed by atoms with Crippen LogP contribution in [0.25, 0.3) is 0 Å². The highest BCUT2D eigenvalue weighted by Gasteiger charge is 2.26. The highest BCUT2D eigenvalue weighted by atomic mass is 19.3. The number of anilines is 2. The van der Waals surface area contributed by atoms with E-state index in [4.69, 9.17) is 0 Å². The molecule has 6 nitrogen and oxygen atoms in total. The fourth-order valence-corrected chi connectivity index (χ4v) is 3.05. The van der Waals surface area contributed by atoms with Crippen LogP contribution < -0.4 is 15.0 Å². The molecule has 0 saturated carbocycles. The van der Waals surface area contributed by atoms with Crippen molar-refractivity contribution in [3.8, 4) is 5.75 Å². The Morgan fingerprint density at radius 1 is 1.11 bits per heavy atom. The van der Waals surface area contributed by atoms with E-state index < -0.39 is 12.7 Å². The number of nitrogens with one attached hydrogen (secondary N) is 1. The van der Waals surface area contributed by atoms with Crippen LogP contribution >= 0.6 is 0 Å². The third-order valence-corrected chi connectivity index (χ3v) is 4.58. The van der Waals surface area contributed by atoms with Gasteiger partial charge in [0.1, 0.15) is 11.6 Å². The number of hydrogen-bond acceptors (Lipinski definition) is 5. The minimum atomic E-state index is -2.94. The first-order valence-electron chi connectivity index (χ1n) is 8.79. The van der Waals surface area contributed by atoms with Crippen LogP contribution in [0, 0.1) is 0 Å². The summed E-state index contributed by atoms with van der Waals surface area (Å²) in [6.07, 6.45) is 1.76. The summed E-state index contributed by atoms with van der Waals surface area (Å²) in [7, 11) is 0. The second-order valence-electron chi connectivity index (χ2n) is 6.25. The van der Waals surface area contributed by atoms with Crippen molar-refractivity contribution in [3.05, 3.63) is 48.7 Å². The van der Waals surface area contributed by atoms with Gasteiger partial charge < -0.3 is 15.0 Å². The number of nitrogens with zero attached hydrogens (tertiary/aromatic N) is 3. The van der Waals surface area contributed by atoms with Crippen molar-refractivity contribution >= 4 is 17.4 Å². The Bertz CT molecular complexity index is 752. The third kappa shape index (κ3) is 4.91. The molecule has 2 heterocycles. The quantitative estimate of drug-likeness (QED) is 0.840. The summed E-state index contributed by atoms with van der Waals surface area (Å²) in [5, 5.41) is 2.69. The molecular formula is C19H22F2N4O2. The number of hydrogen-bond donors (Lipinski definition) is 1. The summed E-state index contributed by atoms with van der Waals surface area (Å²) in [5.41, 5.74) is 0.238. The molecule has 8 heteroatoms. The van der Waals surface area contributed by atoms with Gasteiger partial charge in [0, 0.05) is 32.4 Å². The van der Waals surface area contributed by atoms with E-state index in [9.17, 15) is 13.6 Å². The minimum absolute atomic E-state index is 0.0481. The van der Waals surface area contributed by atoms with Crippen LogP contribution in [0.5, 0.6) is 5.75 Å². The highest BCUT2D eigenvalue weighted by Crippen LogP contribution is 2.26. The lowest BCUT2D eigenvalue weighted by Gasteiger charge is -2.38. The van der Waals surface area contributed by atoms with Crippen molar-refractivity contribution in [2.45, 2.75) is 19.6 Å². The monoisotopic (exact) mass is 376 g/mol. The zero-order valence-electron chi connectivity index (χ0n) is 15.0. The van der Waals surface area contributed by atoms with Gasteiger partial charge in [0.25, 0.3) is 0 Å². The van der Waals surface area contributed by atoms with Gasteiger partial charge in [0.15, 0.2) is 0 Å². The number of carbonyl (C=O) groups excluding carboxylic acids is 1. The van der Waals surface area contributed by atoms with Gasteiger partial charge in [-0.2, -0.15) is 8.78 Å². The van der Waals surface area contributed by atoms with Gasteiger partial charge in [-0.05, 0) is 31.2 Å². The number of ether oxygens (including phenoxy) is 1. The maximum Gasteiger partial charge on any atom is 0.387 e. The molecule has 144 valence electrons. The first kappa shape index (κ1) is 19.0. The van der Waals surface area contributed by atoms with Crippen molar-refractivity contribution in [2.24, 2.45) is 0 Å². The predicted octanol–water partition coefficient (Wildman–Crippen LogP) is 2.83. The largest absolute Gasteiger partial charge is 0.433 e. The molecule has 1 aliphatic heterocycles. The molecule has 1 aromatic carbocycles. The van der Waals surface area contributed by atoms with Crippen molar-refractivity contribution in [2.75, 3.05) is 36.4 Å². The second-order valence-corrected chi connectivity index (χ2v) is 6.25. The fraction of sp³-hybridized carbons (Fsp3) is 0.368. The normalized spacial score (nSPS) is 16.2. The molecule has 0 bridgehead atoms. The van der Waals surface area contributed by atoms with E-state index in [0.717, 1.165) is 18.9 Å². The average Bonchev–Trinajstić information content (AvgIpc) is 2.69. The van der Waals surface area contributed by atoms with E-state index in [1.807, 2.05) is 25.1 Å². The first-order chi connectivity index (χ1) is 13.0. The number of amides is 1. The number of rotatable bonds is 6. The Hall–Kier alpha value is -2.74. The van der Waals surface area contributed by atoms with E-state index in [1.54, 1.807) is 24.4 Å². The van der Waals surface area contributed by atoms with E-state index >= 15 is 0 Å². The molecule has 1 atom stereocenters. The maximum absolute atomic E-state index is 12.6. The lowest BCUT2D eigenvalue weighted by molar-refractivity contribution is -0.120. The second kappa shape index (κ2) is 8.77. The summed E-state index contributed by atoms with van der Waals surface area (Å²) in [6, 6.07) is 11.6. The predicted molar refractivity (Wildman–Crippen MR) is 99.2 cm³/mol. The van der Waals surface area contributed by atoms with Gasteiger partial charge in [-0.3, -0.25) is 9.69 Å².